The van der Waals surface area contributed by atoms with Gasteiger partial charge in [-0.25, -0.2) is 9.97 Å². The normalized spacial score (nSPS) is 10.5. The second-order valence-corrected chi connectivity index (χ2v) is 9.81. The maximum absolute atomic E-state index is 13.3. The maximum atomic E-state index is 13.3. The van der Waals surface area contributed by atoms with Crippen LogP contribution in [0.4, 0.5) is 23.3 Å². The first-order valence-electron chi connectivity index (χ1n) is 14.4. The van der Waals surface area contributed by atoms with Gasteiger partial charge in [0.05, 0.1) is 0 Å². The topological polar surface area (TPSA) is 117 Å². The third-order valence-electron chi connectivity index (χ3n) is 6.33. The van der Waals surface area contributed by atoms with Gasteiger partial charge in [0.15, 0.2) is 0 Å². The van der Waals surface area contributed by atoms with Crippen LogP contribution >= 0.6 is 0 Å². The van der Waals surface area contributed by atoms with E-state index in [1.807, 2.05) is 54.6 Å². The second-order valence-electron chi connectivity index (χ2n) is 9.81. The number of rotatable bonds is 15. The van der Waals surface area contributed by atoms with Gasteiger partial charge in [-0.1, -0.05) is 69.2 Å². The fourth-order valence-electron chi connectivity index (χ4n) is 4.05. The van der Waals surface area contributed by atoms with Crippen LogP contribution in [0.5, 0.6) is 5.75 Å². The quantitative estimate of drug-likeness (QED) is 0.115. The molecule has 0 unspecified atom stereocenters. The Morgan fingerprint density at radius 2 is 1.14 bits per heavy atom. The summed E-state index contributed by atoms with van der Waals surface area (Å²) in [4.78, 5) is 35.6. The number of hydrogen-bond donors (Lipinski definition) is 4. The monoisotopic (exact) mass is 566 g/mol. The van der Waals surface area contributed by atoms with Crippen molar-refractivity contribution in [2.24, 2.45) is 0 Å². The van der Waals surface area contributed by atoms with Crippen LogP contribution in [0.15, 0.2) is 84.9 Å². The molecule has 0 fully saturated rings. The number of unbranched alkanes of at least 4 members (excludes halogenated alkanes) is 2. The molecular weight excluding hydrogens is 528 g/mol. The highest BCUT2D eigenvalue weighted by Gasteiger charge is 2.16. The Balaban J connectivity index is 1.53. The third-order valence-corrected chi connectivity index (χ3v) is 6.33. The minimum absolute atomic E-state index is 0.264. The SMILES string of the molecule is CCCCNc1cccc(NC(=O)c2cc(OCc3ccccc3)cc(C(=O)Nc3cccc(NCCCC)n3)c2)n1. The van der Waals surface area contributed by atoms with Crippen molar-refractivity contribution >= 4 is 35.1 Å². The molecule has 9 heteroatoms. The summed E-state index contributed by atoms with van der Waals surface area (Å²) in [6.45, 7) is 6.13. The average Bonchev–Trinajstić information content (AvgIpc) is 3.01. The van der Waals surface area contributed by atoms with Crippen molar-refractivity contribution in [2.75, 3.05) is 34.4 Å². The number of nitrogens with one attached hydrogen (secondary N) is 4. The molecule has 0 radical (unpaired) electrons. The Hall–Kier alpha value is -4.92. The van der Waals surface area contributed by atoms with E-state index < -0.39 is 11.8 Å². The molecule has 2 heterocycles. The van der Waals surface area contributed by atoms with Gasteiger partial charge >= 0.3 is 0 Å². The van der Waals surface area contributed by atoms with E-state index in [0.717, 1.165) is 44.3 Å². The highest BCUT2D eigenvalue weighted by Crippen LogP contribution is 2.22. The number of nitrogens with zero attached hydrogens (tertiary/aromatic N) is 2. The molecule has 9 nitrogen and oxygen atoms in total. The van der Waals surface area contributed by atoms with Gasteiger partial charge in [0, 0.05) is 24.2 Å². The van der Waals surface area contributed by atoms with Crippen molar-refractivity contribution < 1.29 is 14.3 Å². The molecule has 0 aliphatic rings. The number of amides is 2. The van der Waals surface area contributed by atoms with Crippen LogP contribution in [-0.2, 0) is 6.61 Å². The molecule has 0 aliphatic carbocycles. The molecule has 2 aromatic carbocycles. The summed E-state index contributed by atoms with van der Waals surface area (Å²) in [5, 5.41) is 12.2. The summed E-state index contributed by atoms with van der Waals surface area (Å²) < 4.78 is 6.01. The molecule has 4 rings (SSSR count). The van der Waals surface area contributed by atoms with Crippen LogP contribution in [-0.4, -0.2) is 34.9 Å². The van der Waals surface area contributed by atoms with Crippen molar-refractivity contribution in [1.82, 2.24) is 9.97 Å². The smallest absolute Gasteiger partial charge is 0.256 e. The highest BCUT2D eigenvalue weighted by atomic mass is 16.5. The predicted octanol–water partition coefficient (Wildman–Crippen LogP) is 6.98. The van der Waals surface area contributed by atoms with E-state index in [4.69, 9.17) is 4.74 Å². The Morgan fingerprint density at radius 1 is 0.643 bits per heavy atom. The Bertz CT molecular complexity index is 1380. The van der Waals surface area contributed by atoms with Gasteiger partial charge in [0.2, 0.25) is 0 Å². The zero-order valence-corrected chi connectivity index (χ0v) is 24.2. The Kier molecular flexibility index (Phi) is 11.3. The lowest BCUT2D eigenvalue weighted by Crippen LogP contribution is -2.17. The zero-order chi connectivity index (χ0) is 29.6. The summed E-state index contributed by atoms with van der Waals surface area (Å²) >= 11 is 0. The van der Waals surface area contributed by atoms with Crippen molar-refractivity contribution in [2.45, 2.75) is 46.1 Å². The minimum Gasteiger partial charge on any atom is -0.489 e. The number of anilines is 4. The Morgan fingerprint density at radius 3 is 1.64 bits per heavy atom. The zero-order valence-electron chi connectivity index (χ0n) is 24.2. The molecule has 0 bridgehead atoms. The van der Waals surface area contributed by atoms with Crippen molar-refractivity contribution in [3.63, 3.8) is 0 Å². The summed E-state index contributed by atoms with van der Waals surface area (Å²) in [6.07, 6.45) is 4.18. The molecule has 0 atom stereocenters. The molecule has 4 N–H and O–H groups in total. The standard InChI is InChI=1S/C33H38N6O3/c1-3-5-18-34-28-14-10-16-30(36-28)38-32(40)25-20-26(22-27(21-25)42-23-24-12-8-7-9-13-24)33(41)39-31-17-11-15-29(37-31)35-19-6-4-2/h7-17,20-22H,3-6,18-19,23H2,1-2H3,(H2,34,36,38,40)(H2,35,37,39,41). The van der Waals surface area contributed by atoms with Gasteiger partial charge in [-0.3, -0.25) is 9.59 Å². The summed E-state index contributed by atoms with van der Waals surface area (Å²) in [7, 11) is 0. The number of ether oxygens (including phenoxy) is 1. The van der Waals surface area contributed by atoms with Gasteiger partial charge in [0.1, 0.15) is 35.6 Å². The fourth-order valence-corrected chi connectivity index (χ4v) is 4.05. The lowest BCUT2D eigenvalue weighted by Gasteiger charge is -2.13. The molecule has 4 aromatic rings. The van der Waals surface area contributed by atoms with E-state index in [1.165, 1.54) is 6.07 Å². The molecule has 0 spiro atoms. The Labute approximate surface area is 247 Å². The van der Waals surface area contributed by atoms with E-state index in [0.29, 0.717) is 29.0 Å². The van der Waals surface area contributed by atoms with E-state index in [1.54, 1.807) is 24.3 Å². The van der Waals surface area contributed by atoms with E-state index >= 15 is 0 Å². The predicted molar refractivity (Wildman–Crippen MR) is 168 cm³/mol. The summed E-state index contributed by atoms with van der Waals surface area (Å²) in [5.74, 6) is 1.74. The third kappa shape index (κ3) is 9.33. The van der Waals surface area contributed by atoms with Crippen LogP contribution in [0.1, 0.15) is 65.8 Å². The van der Waals surface area contributed by atoms with Crippen LogP contribution in [0.2, 0.25) is 0 Å². The largest absolute Gasteiger partial charge is 0.489 e. The fraction of sp³-hybridized carbons (Fsp3) is 0.273. The molecule has 0 aliphatic heterocycles. The second kappa shape index (κ2) is 15.8. The maximum Gasteiger partial charge on any atom is 0.256 e. The van der Waals surface area contributed by atoms with Crippen molar-refractivity contribution in [3.05, 3.63) is 102 Å². The molecule has 2 amide bonds. The van der Waals surface area contributed by atoms with Crippen molar-refractivity contribution in [1.29, 1.82) is 0 Å². The number of carbonyl (C=O) groups excluding carboxylic acids is 2. The first-order chi connectivity index (χ1) is 20.5. The van der Waals surface area contributed by atoms with Crippen LogP contribution in [0.25, 0.3) is 0 Å². The van der Waals surface area contributed by atoms with Gasteiger partial charge in [-0.2, -0.15) is 0 Å². The van der Waals surface area contributed by atoms with Crippen molar-refractivity contribution in [3.8, 4) is 5.75 Å². The number of pyridine rings is 2. The number of benzene rings is 2. The highest BCUT2D eigenvalue weighted by molar-refractivity contribution is 6.08. The van der Waals surface area contributed by atoms with E-state index in [9.17, 15) is 9.59 Å². The molecule has 42 heavy (non-hydrogen) atoms. The van der Waals surface area contributed by atoms with E-state index in [-0.39, 0.29) is 17.7 Å². The average molecular weight is 567 g/mol. The van der Waals surface area contributed by atoms with Gasteiger partial charge in [0.25, 0.3) is 11.8 Å². The molecular formula is C33H38N6O3. The molecule has 2 aromatic heterocycles. The van der Waals surface area contributed by atoms with Gasteiger partial charge in [-0.05, 0) is 60.9 Å². The number of carbonyl (C=O) groups is 2. The van der Waals surface area contributed by atoms with Crippen LogP contribution in [0, 0.1) is 0 Å². The first kappa shape index (κ1) is 30.0. The molecule has 0 saturated heterocycles. The number of aromatic nitrogens is 2. The lowest BCUT2D eigenvalue weighted by molar-refractivity contribution is 0.102. The van der Waals surface area contributed by atoms with Gasteiger partial charge in [-0.15, -0.1) is 0 Å². The summed E-state index contributed by atoms with van der Waals surface area (Å²) in [6, 6.07) is 25.3. The molecule has 218 valence electrons. The van der Waals surface area contributed by atoms with Crippen LogP contribution < -0.4 is 26.0 Å². The van der Waals surface area contributed by atoms with Gasteiger partial charge < -0.3 is 26.0 Å². The van der Waals surface area contributed by atoms with Crippen LogP contribution in [0.3, 0.4) is 0 Å². The summed E-state index contributed by atoms with van der Waals surface area (Å²) in [5.41, 5.74) is 1.49. The molecule has 0 saturated carbocycles. The van der Waals surface area contributed by atoms with E-state index in [2.05, 4.69) is 45.1 Å². The minimum atomic E-state index is -0.410. The number of hydrogen-bond acceptors (Lipinski definition) is 7. The lowest BCUT2D eigenvalue weighted by atomic mass is 10.1. The first-order valence-corrected chi connectivity index (χ1v) is 14.4.